The summed E-state index contributed by atoms with van der Waals surface area (Å²) in [5, 5.41) is 3.75. The minimum Gasteiger partial charge on any atom is -0.354 e. The summed E-state index contributed by atoms with van der Waals surface area (Å²) in [6.45, 7) is 5.13. The van der Waals surface area contributed by atoms with Gasteiger partial charge in [0.05, 0.1) is 6.04 Å². The highest BCUT2D eigenvalue weighted by Crippen LogP contribution is 2.37. The lowest BCUT2D eigenvalue weighted by molar-refractivity contribution is 0.0929. The van der Waals surface area contributed by atoms with Crippen molar-refractivity contribution >= 4 is 35.1 Å². The van der Waals surface area contributed by atoms with E-state index in [4.69, 9.17) is 11.6 Å². The smallest absolute Gasteiger partial charge is 0.268 e. The number of H-pyrrole nitrogens is 1. The highest BCUT2D eigenvalue weighted by molar-refractivity contribution is 7.99. The number of nitrogens with one attached hydrogen (secondary N) is 2. The van der Waals surface area contributed by atoms with Crippen molar-refractivity contribution < 1.29 is 9.59 Å². The molecule has 1 aromatic carbocycles. The second-order valence-electron chi connectivity index (χ2n) is 6.03. The number of amides is 1. The molecule has 0 saturated heterocycles. The Kier molecular flexibility index (Phi) is 4.74. The number of aromatic nitrogens is 1. The summed E-state index contributed by atoms with van der Waals surface area (Å²) >= 11 is 7.89. The standard InChI is InChI=1S/C18H19ClN2O2S/c1-9-16(11(3)22)10(2)20-17(9)18(23)21-14-6-7-24-15-5-4-12(19)8-13(14)15/h4-5,8,14,20H,6-7H2,1-3H3,(H,21,23)/t14-/m0/s1. The van der Waals surface area contributed by atoms with Crippen molar-refractivity contribution in [2.75, 3.05) is 5.75 Å². The van der Waals surface area contributed by atoms with Crippen LogP contribution in [0.25, 0.3) is 0 Å². The zero-order valence-corrected chi connectivity index (χ0v) is 15.4. The van der Waals surface area contributed by atoms with Crippen LogP contribution in [0.2, 0.25) is 5.02 Å². The zero-order chi connectivity index (χ0) is 17.4. The molecule has 1 aromatic heterocycles. The molecule has 0 fully saturated rings. The van der Waals surface area contributed by atoms with E-state index in [-0.39, 0.29) is 17.7 Å². The Balaban J connectivity index is 1.88. The van der Waals surface area contributed by atoms with Crippen molar-refractivity contribution in [2.24, 2.45) is 0 Å². The number of benzene rings is 1. The Hall–Kier alpha value is -1.72. The molecule has 0 bridgehead atoms. The third kappa shape index (κ3) is 3.10. The second-order valence-corrected chi connectivity index (χ2v) is 7.60. The van der Waals surface area contributed by atoms with Gasteiger partial charge in [-0.2, -0.15) is 0 Å². The molecule has 2 aromatic rings. The van der Waals surface area contributed by atoms with E-state index in [2.05, 4.69) is 10.3 Å². The van der Waals surface area contributed by atoms with Gasteiger partial charge in [0.25, 0.3) is 5.91 Å². The number of hydrogen-bond acceptors (Lipinski definition) is 3. The molecule has 1 amide bonds. The van der Waals surface area contributed by atoms with Gasteiger partial charge >= 0.3 is 0 Å². The summed E-state index contributed by atoms with van der Waals surface area (Å²) in [5.74, 6) is 0.721. The predicted octanol–water partition coefficient (Wildman–Crippen LogP) is 4.45. The van der Waals surface area contributed by atoms with E-state index in [0.717, 1.165) is 28.3 Å². The molecule has 126 valence electrons. The Labute approximate surface area is 150 Å². The molecule has 1 aliphatic heterocycles. The summed E-state index contributed by atoms with van der Waals surface area (Å²) in [4.78, 5) is 28.7. The SMILES string of the molecule is CC(=O)c1c(C)[nH]c(C(=O)N[C@H]2CCSc3ccc(Cl)cc32)c1C. The largest absolute Gasteiger partial charge is 0.354 e. The predicted molar refractivity (Wildman–Crippen MR) is 97.3 cm³/mol. The van der Waals surface area contributed by atoms with Crippen LogP contribution in [0.3, 0.4) is 0 Å². The lowest BCUT2D eigenvalue weighted by Gasteiger charge is -2.26. The van der Waals surface area contributed by atoms with E-state index in [9.17, 15) is 9.59 Å². The van der Waals surface area contributed by atoms with Crippen LogP contribution in [0.4, 0.5) is 0 Å². The minimum atomic E-state index is -0.189. The summed E-state index contributed by atoms with van der Waals surface area (Å²) in [5.41, 5.74) is 3.55. The fourth-order valence-electron chi connectivity index (χ4n) is 3.25. The molecule has 1 aliphatic rings. The van der Waals surface area contributed by atoms with Gasteiger partial charge in [0.2, 0.25) is 0 Å². The fraction of sp³-hybridized carbons (Fsp3) is 0.333. The quantitative estimate of drug-likeness (QED) is 0.792. The molecule has 2 N–H and O–H groups in total. The maximum Gasteiger partial charge on any atom is 0.268 e. The van der Waals surface area contributed by atoms with Crippen LogP contribution >= 0.6 is 23.4 Å². The molecule has 0 radical (unpaired) electrons. The molecule has 0 saturated carbocycles. The lowest BCUT2D eigenvalue weighted by atomic mass is 10.0. The van der Waals surface area contributed by atoms with Gasteiger partial charge in [-0.25, -0.2) is 0 Å². The minimum absolute atomic E-state index is 0.0357. The molecule has 1 atom stereocenters. The molecule has 6 heteroatoms. The molecule has 0 unspecified atom stereocenters. The third-order valence-electron chi connectivity index (χ3n) is 4.33. The number of hydrogen-bond donors (Lipinski definition) is 2. The summed E-state index contributed by atoms with van der Waals surface area (Å²) in [7, 11) is 0. The number of Topliss-reactive ketones (excluding diaryl/α,β-unsaturated/α-hetero) is 1. The van der Waals surface area contributed by atoms with Crippen LogP contribution in [0.5, 0.6) is 0 Å². The Morgan fingerprint density at radius 1 is 1.33 bits per heavy atom. The summed E-state index contributed by atoms with van der Waals surface area (Å²) in [6.07, 6.45) is 0.849. The first-order valence-corrected chi connectivity index (χ1v) is 9.18. The van der Waals surface area contributed by atoms with E-state index in [0.29, 0.717) is 21.8 Å². The number of rotatable bonds is 3. The van der Waals surface area contributed by atoms with E-state index < -0.39 is 0 Å². The second kappa shape index (κ2) is 6.65. The lowest BCUT2D eigenvalue weighted by Crippen LogP contribution is -2.31. The van der Waals surface area contributed by atoms with E-state index >= 15 is 0 Å². The van der Waals surface area contributed by atoms with Crippen LogP contribution in [0.1, 0.15) is 57.1 Å². The molecule has 2 heterocycles. The number of fused-ring (bicyclic) bond motifs is 1. The van der Waals surface area contributed by atoms with E-state index in [1.807, 2.05) is 25.1 Å². The molecule has 0 aliphatic carbocycles. The van der Waals surface area contributed by atoms with Crippen molar-refractivity contribution in [3.05, 3.63) is 51.3 Å². The Bertz CT molecular complexity index is 829. The van der Waals surface area contributed by atoms with Gasteiger partial charge in [-0.1, -0.05) is 11.6 Å². The van der Waals surface area contributed by atoms with Crippen molar-refractivity contribution in [3.8, 4) is 0 Å². The molecular weight excluding hydrogens is 344 g/mol. The van der Waals surface area contributed by atoms with E-state index in [1.165, 1.54) is 6.92 Å². The molecule has 3 rings (SSSR count). The fourth-order valence-corrected chi connectivity index (χ4v) is 4.54. The first-order chi connectivity index (χ1) is 11.4. The number of halogens is 1. The maximum atomic E-state index is 12.7. The van der Waals surface area contributed by atoms with Crippen LogP contribution < -0.4 is 5.32 Å². The third-order valence-corrected chi connectivity index (χ3v) is 5.69. The van der Waals surface area contributed by atoms with Gasteiger partial charge in [-0.3, -0.25) is 9.59 Å². The molecule has 24 heavy (non-hydrogen) atoms. The van der Waals surface area contributed by atoms with Gasteiger partial charge < -0.3 is 10.3 Å². The first-order valence-electron chi connectivity index (χ1n) is 7.81. The molecule has 4 nitrogen and oxygen atoms in total. The van der Waals surface area contributed by atoms with Crippen molar-refractivity contribution in [2.45, 2.75) is 38.1 Å². The van der Waals surface area contributed by atoms with Gasteiger partial charge in [0, 0.05) is 26.9 Å². The van der Waals surface area contributed by atoms with Crippen molar-refractivity contribution in [3.63, 3.8) is 0 Å². The number of ketones is 1. The van der Waals surface area contributed by atoms with Gasteiger partial charge in [-0.05, 0) is 56.5 Å². The summed E-state index contributed by atoms with van der Waals surface area (Å²) in [6, 6.07) is 5.71. The zero-order valence-electron chi connectivity index (χ0n) is 13.8. The monoisotopic (exact) mass is 362 g/mol. The number of carbonyl (C=O) groups excluding carboxylic acids is 2. The normalized spacial score (nSPS) is 16.6. The Morgan fingerprint density at radius 3 is 2.75 bits per heavy atom. The summed E-state index contributed by atoms with van der Waals surface area (Å²) < 4.78 is 0. The van der Waals surface area contributed by atoms with Gasteiger partial charge in [0.1, 0.15) is 5.69 Å². The molecular formula is C18H19ClN2O2S. The van der Waals surface area contributed by atoms with Crippen molar-refractivity contribution in [1.82, 2.24) is 10.3 Å². The highest BCUT2D eigenvalue weighted by Gasteiger charge is 2.26. The van der Waals surface area contributed by atoms with Crippen LogP contribution in [0.15, 0.2) is 23.1 Å². The van der Waals surface area contributed by atoms with Crippen LogP contribution in [0, 0.1) is 13.8 Å². The highest BCUT2D eigenvalue weighted by atomic mass is 35.5. The first kappa shape index (κ1) is 17.1. The Morgan fingerprint density at radius 2 is 2.08 bits per heavy atom. The number of carbonyl (C=O) groups is 2. The van der Waals surface area contributed by atoms with E-state index in [1.54, 1.807) is 18.7 Å². The van der Waals surface area contributed by atoms with Crippen LogP contribution in [-0.2, 0) is 0 Å². The number of aryl methyl sites for hydroxylation is 1. The average Bonchev–Trinajstić information content (AvgIpc) is 2.82. The van der Waals surface area contributed by atoms with Gasteiger partial charge in [-0.15, -0.1) is 11.8 Å². The number of thioether (sulfide) groups is 1. The van der Waals surface area contributed by atoms with Crippen molar-refractivity contribution in [1.29, 1.82) is 0 Å². The van der Waals surface area contributed by atoms with Crippen LogP contribution in [-0.4, -0.2) is 22.4 Å². The molecule has 0 spiro atoms. The van der Waals surface area contributed by atoms with Gasteiger partial charge in [0.15, 0.2) is 5.78 Å². The topological polar surface area (TPSA) is 62.0 Å². The number of aromatic amines is 1. The maximum absolute atomic E-state index is 12.7. The average molecular weight is 363 g/mol.